The van der Waals surface area contributed by atoms with Gasteiger partial charge in [-0.15, -0.1) is 10.2 Å². The number of esters is 1. The SMILES string of the molecule is COC(=O)c1nnc(NC(=O)C2CC2)cc1N1CCOc2ccccc21. The Morgan fingerprint density at radius 2 is 2.04 bits per heavy atom. The van der Waals surface area contributed by atoms with Gasteiger partial charge in [-0.05, 0) is 25.0 Å². The van der Waals surface area contributed by atoms with Crippen LogP contribution in [-0.4, -0.2) is 42.3 Å². The number of amides is 1. The average Bonchev–Trinajstić information content (AvgIpc) is 3.52. The lowest BCUT2D eigenvalue weighted by atomic mass is 10.2. The zero-order valence-corrected chi connectivity index (χ0v) is 14.3. The Balaban J connectivity index is 1.74. The molecule has 0 bridgehead atoms. The van der Waals surface area contributed by atoms with Crippen LogP contribution in [0.3, 0.4) is 0 Å². The summed E-state index contributed by atoms with van der Waals surface area (Å²) in [5.41, 5.74) is 1.43. The molecule has 1 amide bonds. The molecule has 2 heterocycles. The Morgan fingerprint density at radius 1 is 1.23 bits per heavy atom. The Morgan fingerprint density at radius 3 is 2.81 bits per heavy atom. The molecule has 0 saturated heterocycles. The number of hydrogen-bond acceptors (Lipinski definition) is 7. The van der Waals surface area contributed by atoms with Gasteiger partial charge in [-0.25, -0.2) is 4.79 Å². The number of nitrogens with one attached hydrogen (secondary N) is 1. The highest BCUT2D eigenvalue weighted by atomic mass is 16.5. The molecule has 1 saturated carbocycles. The molecule has 26 heavy (non-hydrogen) atoms. The lowest BCUT2D eigenvalue weighted by molar-refractivity contribution is -0.117. The van der Waals surface area contributed by atoms with Gasteiger partial charge in [0.1, 0.15) is 12.4 Å². The van der Waals surface area contributed by atoms with Crippen LogP contribution in [0.25, 0.3) is 0 Å². The highest BCUT2D eigenvalue weighted by Crippen LogP contribution is 2.38. The van der Waals surface area contributed by atoms with E-state index in [0.717, 1.165) is 24.3 Å². The third-order valence-electron chi connectivity index (χ3n) is 4.37. The maximum Gasteiger partial charge on any atom is 0.360 e. The van der Waals surface area contributed by atoms with Crippen LogP contribution in [-0.2, 0) is 9.53 Å². The number of para-hydroxylation sites is 2. The van der Waals surface area contributed by atoms with Crippen LogP contribution in [0.1, 0.15) is 23.3 Å². The molecule has 2 aliphatic rings. The minimum atomic E-state index is -0.587. The van der Waals surface area contributed by atoms with Crippen molar-refractivity contribution in [3.05, 3.63) is 36.0 Å². The molecule has 0 spiro atoms. The number of benzene rings is 1. The molecule has 1 fully saturated rings. The highest BCUT2D eigenvalue weighted by molar-refractivity contribution is 5.97. The maximum atomic E-state index is 12.2. The number of methoxy groups -OCH3 is 1. The fraction of sp³-hybridized carbons (Fsp3) is 0.333. The van der Waals surface area contributed by atoms with Crippen LogP contribution in [0.4, 0.5) is 17.2 Å². The van der Waals surface area contributed by atoms with Gasteiger partial charge in [0.2, 0.25) is 5.91 Å². The number of fused-ring (bicyclic) bond motifs is 1. The number of hydrogen-bond donors (Lipinski definition) is 1. The number of aromatic nitrogens is 2. The number of nitrogens with zero attached hydrogens (tertiary/aromatic N) is 3. The largest absolute Gasteiger partial charge is 0.490 e. The zero-order valence-electron chi connectivity index (χ0n) is 14.3. The summed E-state index contributed by atoms with van der Waals surface area (Å²) in [7, 11) is 1.30. The number of carbonyl (C=O) groups excluding carboxylic acids is 2. The van der Waals surface area contributed by atoms with Crippen LogP contribution in [0.5, 0.6) is 5.75 Å². The topological polar surface area (TPSA) is 93.7 Å². The van der Waals surface area contributed by atoms with E-state index in [-0.39, 0.29) is 17.5 Å². The second kappa shape index (κ2) is 6.62. The standard InChI is InChI=1S/C18H18N4O4/c1-25-18(24)16-13(10-15(20-21-16)19-17(23)11-6-7-11)22-8-9-26-14-5-3-2-4-12(14)22/h2-5,10-11H,6-9H2,1H3,(H,19,20,23). The fourth-order valence-electron chi connectivity index (χ4n) is 2.88. The lowest BCUT2D eigenvalue weighted by Gasteiger charge is -2.31. The summed E-state index contributed by atoms with van der Waals surface area (Å²) in [4.78, 5) is 26.1. The van der Waals surface area contributed by atoms with Gasteiger partial charge in [-0.3, -0.25) is 4.79 Å². The number of anilines is 3. The Hall–Kier alpha value is -3.16. The second-order valence-electron chi connectivity index (χ2n) is 6.19. The first-order valence-electron chi connectivity index (χ1n) is 8.43. The number of carbonyl (C=O) groups is 2. The van der Waals surface area contributed by atoms with Crippen LogP contribution < -0.4 is 15.0 Å². The Bertz CT molecular complexity index is 866. The quantitative estimate of drug-likeness (QED) is 0.841. The van der Waals surface area contributed by atoms with Crippen molar-refractivity contribution >= 4 is 29.1 Å². The molecule has 1 aromatic carbocycles. The third-order valence-corrected chi connectivity index (χ3v) is 4.37. The van der Waals surface area contributed by atoms with Gasteiger partial charge in [0, 0.05) is 12.0 Å². The summed E-state index contributed by atoms with van der Waals surface area (Å²) in [5.74, 6) is 0.420. The Labute approximate surface area is 150 Å². The molecule has 1 aliphatic carbocycles. The van der Waals surface area contributed by atoms with Crippen molar-refractivity contribution in [2.75, 3.05) is 30.5 Å². The first kappa shape index (κ1) is 16.3. The van der Waals surface area contributed by atoms with Gasteiger partial charge in [-0.1, -0.05) is 12.1 Å². The predicted octanol–water partition coefficient (Wildman–Crippen LogP) is 2.14. The van der Waals surface area contributed by atoms with Crippen LogP contribution in [0, 0.1) is 5.92 Å². The van der Waals surface area contributed by atoms with E-state index in [1.165, 1.54) is 7.11 Å². The van der Waals surface area contributed by atoms with E-state index in [1.807, 2.05) is 29.2 Å². The van der Waals surface area contributed by atoms with Gasteiger partial charge in [-0.2, -0.15) is 0 Å². The van der Waals surface area contributed by atoms with E-state index in [2.05, 4.69) is 15.5 Å². The van der Waals surface area contributed by atoms with E-state index in [1.54, 1.807) is 6.07 Å². The van der Waals surface area contributed by atoms with Gasteiger partial charge in [0.05, 0.1) is 25.0 Å². The molecule has 8 heteroatoms. The van der Waals surface area contributed by atoms with Crippen LogP contribution in [0.2, 0.25) is 0 Å². The average molecular weight is 354 g/mol. The van der Waals surface area contributed by atoms with Gasteiger partial charge < -0.3 is 19.7 Å². The molecule has 2 aromatic rings. The van der Waals surface area contributed by atoms with Crippen molar-refractivity contribution in [2.45, 2.75) is 12.8 Å². The molecule has 8 nitrogen and oxygen atoms in total. The first-order valence-corrected chi connectivity index (χ1v) is 8.43. The minimum Gasteiger partial charge on any atom is -0.490 e. The lowest BCUT2D eigenvalue weighted by Crippen LogP contribution is -2.30. The van der Waals surface area contributed by atoms with Crippen LogP contribution in [0.15, 0.2) is 30.3 Å². The van der Waals surface area contributed by atoms with Gasteiger partial charge in [0.25, 0.3) is 0 Å². The summed E-state index contributed by atoms with van der Waals surface area (Å²) >= 11 is 0. The van der Waals surface area contributed by atoms with Gasteiger partial charge in [0.15, 0.2) is 11.5 Å². The summed E-state index contributed by atoms with van der Waals surface area (Å²) in [5, 5.41) is 10.7. The fourth-order valence-corrected chi connectivity index (χ4v) is 2.88. The van der Waals surface area contributed by atoms with Crippen molar-refractivity contribution in [3.63, 3.8) is 0 Å². The summed E-state index contributed by atoms with van der Waals surface area (Å²) in [6, 6.07) is 9.20. The van der Waals surface area contributed by atoms with Crippen molar-refractivity contribution in [2.24, 2.45) is 5.92 Å². The van der Waals surface area contributed by atoms with E-state index >= 15 is 0 Å². The predicted molar refractivity (Wildman–Crippen MR) is 93.7 cm³/mol. The van der Waals surface area contributed by atoms with E-state index in [4.69, 9.17) is 9.47 Å². The molecule has 0 unspecified atom stereocenters. The zero-order chi connectivity index (χ0) is 18.1. The molecular weight excluding hydrogens is 336 g/mol. The maximum absolute atomic E-state index is 12.2. The summed E-state index contributed by atoms with van der Waals surface area (Å²) < 4.78 is 10.5. The molecule has 1 aliphatic heterocycles. The van der Waals surface area contributed by atoms with Crippen molar-refractivity contribution in [1.29, 1.82) is 0 Å². The molecule has 1 N–H and O–H groups in total. The number of ether oxygens (including phenoxy) is 2. The third kappa shape index (κ3) is 3.05. The first-order chi connectivity index (χ1) is 12.7. The molecule has 1 aromatic heterocycles. The van der Waals surface area contributed by atoms with Crippen molar-refractivity contribution < 1.29 is 19.1 Å². The van der Waals surface area contributed by atoms with E-state index in [0.29, 0.717) is 24.7 Å². The summed E-state index contributed by atoms with van der Waals surface area (Å²) in [6.45, 7) is 0.992. The van der Waals surface area contributed by atoms with E-state index < -0.39 is 5.97 Å². The smallest absolute Gasteiger partial charge is 0.360 e. The molecule has 134 valence electrons. The van der Waals surface area contributed by atoms with Gasteiger partial charge >= 0.3 is 5.97 Å². The molecule has 0 radical (unpaired) electrons. The highest BCUT2D eigenvalue weighted by Gasteiger charge is 2.31. The monoisotopic (exact) mass is 354 g/mol. The van der Waals surface area contributed by atoms with Crippen molar-refractivity contribution in [1.82, 2.24) is 10.2 Å². The molecule has 4 rings (SSSR count). The minimum absolute atomic E-state index is 0.0460. The Kier molecular flexibility index (Phi) is 4.16. The second-order valence-corrected chi connectivity index (χ2v) is 6.19. The van der Waals surface area contributed by atoms with E-state index in [9.17, 15) is 9.59 Å². The normalized spacial score (nSPS) is 15.7. The van der Waals surface area contributed by atoms with Crippen molar-refractivity contribution in [3.8, 4) is 5.75 Å². The molecular formula is C18H18N4O4. The van der Waals surface area contributed by atoms with Crippen LogP contribution >= 0.6 is 0 Å². The summed E-state index contributed by atoms with van der Waals surface area (Å²) in [6.07, 6.45) is 1.78. The number of rotatable bonds is 4. The molecule has 0 atom stereocenters.